The number of rotatable bonds is 5. The van der Waals surface area contributed by atoms with Crippen molar-refractivity contribution >= 4 is 11.9 Å². The highest BCUT2D eigenvalue weighted by Crippen LogP contribution is 2.16. The number of hydrogen-bond acceptors (Lipinski definition) is 4. The van der Waals surface area contributed by atoms with Crippen molar-refractivity contribution in [3.63, 3.8) is 0 Å². The van der Waals surface area contributed by atoms with Crippen molar-refractivity contribution < 1.29 is 9.53 Å². The number of carbonyl (C=O) groups is 1. The Balaban J connectivity index is 1.79. The van der Waals surface area contributed by atoms with Crippen molar-refractivity contribution in [3.8, 4) is 5.75 Å². The first-order chi connectivity index (χ1) is 9.52. The molecule has 2 rings (SSSR count). The molecular formula is C14H18N4O2. The number of H-pyrrole nitrogens is 1. The average Bonchev–Trinajstić information content (AvgIpc) is 2.73. The molecule has 1 amide bonds. The van der Waals surface area contributed by atoms with Crippen LogP contribution in [0.15, 0.2) is 18.2 Å². The maximum atomic E-state index is 11.7. The summed E-state index contributed by atoms with van der Waals surface area (Å²) in [5, 5.41) is 9.10. The number of ether oxygens (including phenoxy) is 1. The summed E-state index contributed by atoms with van der Waals surface area (Å²) in [6, 6.07) is 5.97. The van der Waals surface area contributed by atoms with E-state index in [1.807, 2.05) is 26.0 Å². The van der Waals surface area contributed by atoms with Crippen LogP contribution < -0.4 is 10.1 Å². The molecule has 0 spiro atoms. The fourth-order valence-electron chi connectivity index (χ4n) is 1.86. The van der Waals surface area contributed by atoms with Crippen molar-refractivity contribution in [1.29, 1.82) is 0 Å². The zero-order valence-electron chi connectivity index (χ0n) is 11.9. The van der Waals surface area contributed by atoms with Crippen LogP contribution in [0.4, 0.5) is 5.95 Å². The zero-order valence-corrected chi connectivity index (χ0v) is 11.9. The molecule has 0 saturated heterocycles. The van der Waals surface area contributed by atoms with Gasteiger partial charge in [0, 0.05) is 0 Å². The van der Waals surface area contributed by atoms with Crippen molar-refractivity contribution in [1.82, 2.24) is 15.2 Å². The molecule has 0 fully saturated rings. The predicted octanol–water partition coefficient (Wildman–Crippen LogP) is 2.14. The first-order valence-electron chi connectivity index (χ1n) is 6.43. The Kier molecular flexibility index (Phi) is 4.34. The lowest BCUT2D eigenvalue weighted by molar-refractivity contribution is -0.116. The average molecular weight is 274 g/mol. The van der Waals surface area contributed by atoms with Crippen LogP contribution in [0.5, 0.6) is 5.75 Å². The van der Waals surface area contributed by atoms with E-state index < -0.39 is 0 Å². The largest absolute Gasteiger partial charge is 0.493 e. The lowest BCUT2D eigenvalue weighted by Gasteiger charge is -2.07. The van der Waals surface area contributed by atoms with Crippen molar-refractivity contribution in [2.45, 2.75) is 27.2 Å². The summed E-state index contributed by atoms with van der Waals surface area (Å²) in [6.07, 6.45) is 0.251. The number of amides is 1. The molecule has 0 saturated carbocycles. The van der Waals surface area contributed by atoms with Gasteiger partial charge in [0.2, 0.25) is 11.9 Å². The van der Waals surface area contributed by atoms with Gasteiger partial charge in [-0.3, -0.25) is 15.2 Å². The highest BCUT2D eigenvalue weighted by molar-refractivity contribution is 5.88. The minimum atomic E-state index is -0.173. The van der Waals surface area contributed by atoms with Gasteiger partial charge in [-0.1, -0.05) is 6.07 Å². The summed E-state index contributed by atoms with van der Waals surface area (Å²) in [7, 11) is 0. The Bertz CT molecular complexity index is 587. The van der Waals surface area contributed by atoms with Crippen LogP contribution in [0.2, 0.25) is 0 Å². The number of aromatic amines is 1. The summed E-state index contributed by atoms with van der Waals surface area (Å²) in [4.78, 5) is 15.7. The van der Waals surface area contributed by atoms with Gasteiger partial charge < -0.3 is 4.74 Å². The van der Waals surface area contributed by atoms with E-state index in [1.54, 1.807) is 6.92 Å². The number of nitrogens with one attached hydrogen (secondary N) is 2. The monoisotopic (exact) mass is 274 g/mol. The highest BCUT2D eigenvalue weighted by Gasteiger charge is 2.06. The van der Waals surface area contributed by atoms with Crippen molar-refractivity contribution in [3.05, 3.63) is 35.2 Å². The van der Waals surface area contributed by atoms with Crippen LogP contribution in [-0.4, -0.2) is 27.7 Å². The second-order valence-electron chi connectivity index (χ2n) is 4.71. The molecule has 2 N–H and O–H groups in total. The lowest BCUT2D eigenvalue weighted by Crippen LogP contribution is -2.16. The molecule has 0 aliphatic heterocycles. The molecule has 1 heterocycles. The van der Waals surface area contributed by atoms with E-state index in [-0.39, 0.29) is 12.3 Å². The minimum Gasteiger partial charge on any atom is -0.493 e. The van der Waals surface area contributed by atoms with Crippen LogP contribution in [0.3, 0.4) is 0 Å². The second kappa shape index (κ2) is 6.18. The number of nitrogens with zero attached hydrogens (tertiary/aromatic N) is 2. The number of hydrogen-bond donors (Lipinski definition) is 2. The molecule has 0 bridgehead atoms. The van der Waals surface area contributed by atoms with Crippen LogP contribution in [0, 0.1) is 20.8 Å². The fourth-order valence-corrected chi connectivity index (χ4v) is 1.86. The van der Waals surface area contributed by atoms with Crippen LogP contribution in [0.1, 0.15) is 23.4 Å². The molecule has 0 aliphatic rings. The van der Waals surface area contributed by atoms with Crippen molar-refractivity contribution in [2.24, 2.45) is 0 Å². The van der Waals surface area contributed by atoms with Gasteiger partial charge in [0.05, 0.1) is 13.0 Å². The maximum Gasteiger partial charge on any atom is 0.248 e. The summed E-state index contributed by atoms with van der Waals surface area (Å²) in [6.45, 7) is 6.11. The molecular weight excluding hydrogens is 256 g/mol. The van der Waals surface area contributed by atoms with E-state index in [9.17, 15) is 4.79 Å². The van der Waals surface area contributed by atoms with E-state index in [0.717, 1.165) is 16.9 Å². The fraction of sp³-hybridized carbons (Fsp3) is 0.357. The second-order valence-corrected chi connectivity index (χ2v) is 4.71. The number of aryl methyl sites for hydroxylation is 3. The Morgan fingerprint density at radius 1 is 1.25 bits per heavy atom. The Morgan fingerprint density at radius 2 is 1.95 bits per heavy atom. The molecule has 0 atom stereocenters. The summed E-state index contributed by atoms with van der Waals surface area (Å²) >= 11 is 0. The SMILES string of the molecule is Cc1cc(C)cc(OCCC(=O)Nc2n[nH]c(C)n2)c1. The van der Waals surface area contributed by atoms with Crippen LogP contribution in [0.25, 0.3) is 0 Å². The molecule has 0 unspecified atom stereocenters. The molecule has 6 nitrogen and oxygen atoms in total. The zero-order chi connectivity index (χ0) is 14.5. The minimum absolute atomic E-state index is 0.173. The summed E-state index contributed by atoms with van der Waals surface area (Å²) in [5.41, 5.74) is 2.28. The lowest BCUT2D eigenvalue weighted by atomic mass is 10.1. The molecule has 1 aromatic carbocycles. The van der Waals surface area contributed by atoms with Crippen LogP contribution in [-0.2, 0) is 4.79 Å². The van der Waals surface area contributed by atoms with Crippen molar-refractivity contribution in [2.75, 3.05) is 11.9 Å². The highest BCUT2D eigenvalue weighted by atomic mass is 16.5. The molecule has 0 radical (unpaired) electrons. The Morgan fingerprint density at radius 3 is 2.55 bits per heavy atom. The normalized spacial score (nSPS) is 10.3. The van der Waals surface area contributed by atoms with E-state index in [4.69, 9.17) is 4.74 Å². The molecule has 1 aromatic heterocycles. The number of anilines is 1. The van der Waals surface area contributed by atoms with Gasteiger partial charge in [0.15, 0.2) is 0 Å². The van der Waals surface area contributed by atoms with Gasteiger partial charge >= 0.3 is 0 Å². The van der Waals surface area contributed by atoms with E-state index >= 15 is 0 Å². The maximum absolute atomic E-state index is 11.7. The van der Waals surface area contributed by atoms with E-state index in [1.165, 1.54) is 0 Å². The predicted molar refractivity (Wildman–Crippen MR) is 75.8 cm³/mol. The summed E-state index contributed by atoms with van der Waals surface area (Å²) < 4.78 is 5.57. The topological polar surface area (TPSA) is 79.9 Å². The first-order valence-corrected chi connectivity index (χ1v) is 6.43. The Hall–Kier alpha value is -2.37. The molecule has 6 heteroatoms. The van der Waals surface area contributed by atoms with E-state index in [0.29, 0.717) is 18.4 Å². The van der Waals surface area contributed by atoms with Gasteiger partial charge in [0.1, 0.15) is 11.6 Å². The van der Waals surface area contributed by atoms with Gasteiger partial charge in [0.25, 0.3) is 0 Å². The van der Waals surface area contributed by atoms with E-state index in [2.05, 4.69) is 26.6 Å². The first kappa shape index (κ1) is 14.0. The van der Waals surface area contributed by atoms with Gasteiger partial charge in [-0.25, -0.2) is 0 Å². The quantitative estimate of drug-likeness (QED) is 0.875. The number of aromatic nitrogens is 3. The molecule has 106 valence electrons. The third-order valence-corrected chi connectivity index (χ3v) is 2.64. The molecule has 0 aliphatic carbocycles. The Labute approximate surface area is 117 Å². The smallest absolute Gasteiger partial charge is 0.248 e. The standard InChI is InChI=1S/C14H18N4O2/c1-9-6-10(2)8-12(7-9)20-5-4-13(19)16-14-15-11(3)17-18-14/h6-8H,4-5H2,1-3H3,(H2,15,16,17,18,19). The third-order valence-electron chi connectivity index (χ3n) is 2.64. The van der Waals surface area contributed by atoms with Gasteiger partial charge in [-0.15, -0.1) is 5.10 Å². The number of benzene rings is 1. The number of carbonyl (C=O) groups excluding carboxylic acids is 1. The summed E-state index contributed by atoms with van der Waals surface area (Å²) in [5.74, 6) is 1.56. The van der Waals surface area contributed by atoms with Gasteiger partial charge in [-0.2, -0.15) is 4.98 Å². The molecule has 2 aromatic rings. The van der Waals surface area contributed by atoms with Crippen LogP contribution >= 0.6 is 0 Å². The van der Waals surface area contributed by atoms with Gasteiger partial charge in [-0.05, 0) is 44.0 Å². The molecule has 20 heavy (non-hydrogen) atoms. The third kappa shape index (κ3) is 4.08.